The largest absolute Gasteiger partial charge is 0.455 e. The van der Waals surface area contributed by atoms with Crippen molar-refractivity contribution in [2.45, 2.75) is 76.3 Å². The molecule has 9 heteroatoms. The molecular weight excluding hydrogens is 552 g/mol. The van der Waals surface area contributed by atoms with Crippen molar-refractivity contribution in [2.24, 2.45) is 0 Å². The molecule has 3 aromatic carbocycles. The van der Waals surface area contributed by atoms with Crippen molar-refractivity contribution in [3.63, 3.8) is 0 Å². The van der Waals surface area contributed by atoms with Gasteiger partial charge in [-0.25, -0.2) is 0 Å². The summed E-state index contributed by atoms with van der Waals surface area (Å²) >= 11 is 0. The molecule has 0 spiro atoms. The summed E-state index contributed by atoms with van der Waals surface area (Å²) in [6, 6.07) is 29.0. The SMILES string of the molecule is CCC(=O)O[C@@H]1[C@H](OC(=O)CC)[C@@H](OC(=O)CC)C(O)O[C@@H]1COC(c1ccccc1)(c1ccccc1)c1ccccc1. The van der Waals surface area contributed by atoms with Crippen molar-refractivity contribution in [3.05, 3.63) is 108 Å². The van der Waals surface area contributed by atoms with Crippen LogP contribution in [-0.4, -0.2) is 60.3 Å². The molecule has 1 unspecified atom stereocenters. The lowest BCUT2D eigenvalue weighted by atomic mass is 9.80. The van der Waals surface area contributed by atoms with Gasteiger partial charge in [-0.05, 0) is 16.7 Å². The Labute approximate surface area is 251 Å². The van der Waals surface area contributed by atoms with Gasteiger partial charge in [0.15, 0.2) is 24.6 Å². The minimum absolute atomic E-state index is 0.0106. The van der Waals surface area contributed by atoms with Crippen molar-refractivity contribution >= 4 is 17.9 Å². The Balaban J connectivity index is 1.79. The maximum absolute atomic E-state index is 12.6. The van der Waals surface area contributed by atoms with Crippen LogP contribution in [0.5, 0.6) is 0 Å². The van der Waals surface area contributed by atoms with Gasteiger partial charge in [0, 0.05) is 19.3 Å². The summed E-state index contributed by atoms with van der Waals surface area (Å²) in [5.74, 6) is -1.86. The van der Waals surface area contributed by atoms with Crippen molar-refractivity contribution in [3.8, 4) is 0 Å². The van der Waals surface area contributed by atoms with E-state index in [9.17, 15) is 19.5 Å². The molecule has 1 aliphatic rings. The van der Waals surface area contributed by atoms with Crippen LogP contribution >= 0.6 is 0 Å². The van der Waals surface area contributed by atoms with Gasteiger partial charge in [0.1, 0.15) is 11.7 Å². The fraction of sp³-hybridized carbons (Fsp3) is 0.382. The third kappa shape index (κ3) is 7.30. The molecule has 43 heavy (non-hydrogen) atoms. The van der Waals surface area contributed by atoms with Crippen LogP contribution in [0.1, 0.15) is 56.7 Å². The first kappa shape index (κ1) is 31.9. The van der Waals surface area contributed by atoms with E-state index in [1.54, 1.807) is 20.8 Å². The first-order chi connectivity index (χ1) is 20.8. The molecule has 0 saturated carbocycles. The molecule has 1 N–H and O–H groups in total. The zero-order valence-corrected chi connectivity index (χ0v) is 24.6. The van der Waals surface area contributed by atoms with Crippen molar-refractivity contribution in [1.29, 1.82) is 0 Å². The van der Waals surface area contributed by atoms with E-state index in [2.05, 4.69) is 0 Å². The third-order valence-corrected chi connectivity index (χ3v) is 7.28. The van der Waals surface area contributed by atoms with Gasteiger partial charge >= 0.3 is 17.9 Å². The Morgan fingerprint density at radius 3 is 1.40 bits per heavy atom. The molecule has 3 aromatic rings. The maximum Gasteiger partial charge on any atom is 0.306 e. The minimum Gasteiger partial charge on any atom is -0.455 e. The van der Waals surface area contributed by atoms with Gasteiger partial charge in [0.2, 0.25) is 0 Å². The third-order valence-electron chi connectivity index (χ3n) is 7.28. The van der Waals surface area contributed by atoms with Gasteiger partial charge < -0.3 is 28.8 Å². The number of esters is 3. The predicted octanol–water partition coefficient (Wildman–Crippen LogP) is 4.68. The summed E-state index contributed by atoms with van der Waals surface area (Å²) < 4.78 is 29.7. The van der Waals surface area contributed by atoms with Crippen LogP contribution in [0.4, 0.5) is 0 Å². The van der Waals surface area contributed by atoms with Crippen LogP contribution in [0.15, 0.2) is 91.0 Å². The molecule has 0 aliphatic carbocycles. The quantitative estimate of drug-likeness (QED) is 0.182. The highest BCUT2D eigenvalue weighted by Crippen LogP contribution is 2.41. The standard InChI is InChI=1S/C34H38O9/c1-4-27(35)41-30-26(40-33(38)32(43-29(37)6-3)31(30)42-28(36)5-2)22-39-34(23-16-10-7-11-17-23,24-18-12-8-13-19-24)25-20-14-9-15-21-25/h7-21,26,30-33,38H,4-6,22H2,1-3H3/t26-,30+,31+,32-,33?/m1/s1. The van der Waals surface area contributed by atoms with E-state index in [1.807, 2.05) is 91.0 Å². The van der Waals surface area contributed by atoms with Crippen molar-refractivity contribution in [1.82, 2.24) is 0 Å². The summed E-state index contributed by atoms with van der Waals surface area (Å²) in [6.07, 6.45) is -6.74. The smallest absolute Gasteiger partial charge is 0.306 e. The van der Waals surface area contributed by atoms with Crippen molar-refractivity contribution < 1.29 is 43.2 Å². The van der Waals surface area contributed by atoms with E-state index in [-0.39, 0.29) is 25.9 Å². The average molecular weight is 591 g/mol. The van der Waals surface area contributed by atoms with Gasteiger partial charge in [0.25, 0.3) is 0 Å². The van der Waals surface area contributed by atoms with Crippen LogP contribution in [0, 0.1) is 0 Å². The number of aliphatic hydroxyl groups is 1. The van der Waals surface area contributed by atoms with E-state index in [0.717, 1.165) is 16.7 Å². The minimum atomic E-state index is -1.69. The number of aliphatic hydroxyl groups excluding tert-OH is 1. The lowest BCUT2D eigenvalue weighted by molar-refractivity contribution is -0.300. The number of hydrogen-bond acceptors (Lipinski definition) is 9. The predicted molar refractivity (Wildman–Crippen MR) is 157 cm³/mol. The lowest BCUT2D eigenvalue weighted by Gasteiger charge is -2.44. The zero-order valence-electron chi connectivity index (χ0n) is 24.6. The van der Waals surface area contributed by atoms with Crippen LogP contribution in [-0.2, 0) is 43.7 Å². The number of hydrogen-bond donors (Lipinski definition) is 1. The normalized spacial score (nSPS) is 21.9. The second kappa shape index (κ2) is 14.9. The Kier molecular flexibility index (Phi) is 11.1. The summed E-state index contributed by atoms with van der Waals surface area (Å²) in [6.45, 7) is 4.62. The van der Waals surface area contributed by atoms with Gasteiger partial charge in [-0.3, -0.25) is 14.4 Å². The van der Waals surface area contributed by atoms with Crippen molar-refractivity contribution in [2.75, 3.05) is 6.61 Å². The molecule has 0 aromatic heterocycles. The molecule has 9 nitrogen and oxygen atoms in total. The zero-order chi connectivity index (χ0) is 30.8. The monoisotopic (exact) mass is 590 g/mol. The fourth-order valence-electron chi connectivity index (χ4n) is 5.11. The lowest BCUT2D eigenvalue weighted by Crippen LogP contribution is -2.62. The first-order valence-electron chi connectivity index (χ1n) is 14.6. The van der Waals surface area contributed by atoms with Gasteiger partial charge in [-0.15, -0.1) is 0 Å². The Bertz CT molecular complexity index is 1230. The average Bonchev–Trinajstić information content (AvgIpc) is 3.05. The highest BCUT2D eigenvalue weighted by Gasteiger charge is 2.52. The van der Waals surface area contributed by atoms with E-state index in [0.29, 0.717) is 0 Å². The second-order valence-corrected chi connectivity index (χ2v) is 10.1. The second-order valence-electron chi connectivity index (χ2n) is 10.1. The molecule has 0 bridgehead atoms. The first-order valence-corrected chi connectivity index (χ1v) is 14.6. The summed E-state index contributed by atoms with van der Waals surface area (Å²) in [5, 5.41) is 11.0. The number of ether oxygens (including phenoxy) is 5. The molecule has 1 fully saturated rings. The molecule has 0 amide bonds. The molecular formula is C34H38O9. The van der Waals surface area contributed by atoms with E-state index >= 15 is 0 Å². The highest BCUT2D eigenvalue weighted by molar-refractivity contribution is 5.71. The summed E-state index contributed by atoms with van der Waals surface area (Å²) in [5.41, 5.74) is 1.34. The molecule has 4 rings (SSSR count). The molecule has 1 heterocycles. The molecule has 228 valence electrons. The van der Waals surface area contributed by atoms with E-state index in [4.69, 9.17) is 23.7 Å². The maximum atomic E-state index is 12.6. The number of rotatable bonds is 12. The van der Waals surface area contributed by atoms with Gasteiger partial charge in [-0.2, -0.15) is 0 Å². The highest BCUT2D eigenvalue weighted by atomic mass is 16.7. The Hall–Kier alpha value is -4.05. The summed E-state index contributed by atoms with van der Waals surface area (Å²) in [4.78, 5) is 37.4. The number of benzene rings is 3. The van der Waals surface area contributed by atoms with E-state index < -0.39 is 54.2 Å². The van der Waals surface area contributed by atoms with Gasteiger partial charge in [-0.1, -0.05) is 112 Å². The van der Waals surface area contributed by atoms with Crippen LogP contribution in [0.25, 0.3) is 0 Å². The van der Waals surface area contributed by atoms with Crippen LogP contribution in [0.2, 0.25) is 0 Å². The van der Waals surface area contributed by atoms with E-state index in [1.165, 1.54) is 0 Å². The summed E-state index contributed by atoms with van der Waals surface area (Å²) in [7, 11) is 0. The topological polar surface area (TPSA) is 118 Å². The Morgan fingerprint density at radius 2 is 1.00 bits per heavy atom. The number of carbonyl (C=O) groups excluding carboxylic acids is 3. The molecule has 1 aliphatic heterocycles. The Morgan fingerprint density at radius 1 is 0.628 bits per heavy atom. The van der Waals surface area contributed by atoms with Crippen LogP contribution in [0.3, 0.4) is 0 Å². The molecule has 0 radical (unpaired) electrons. The fourth-order valence-corrected chi connectivity index (χ4v) is 5.11. The molecule has 5 atom stereocenters. The van der Waals surface area contributed by atoms with Crippen LogP contribution < -0.4 is 0 Å². The number of carbonyl (C=O) groups is 3. The molecule has 1 saturated heterocycles. The van der Waals surface area contributed by atoms with Gasteiger partial charge in [0.05, 0.1) is 6.61 Å².